The zero-order valence-corrected chi connectivity index (χ0v) is 15.1. The number of hydrogen-bond donors (Lipinski definition) is 0. The number of hydrogen-bond acceptors (Lipinski definition) is 2. The molecule has 4 heteroatoms. The Morgan fingerprint density at radius 3 is 2.27 bits per heavy atom. The lowest BCUT2D eigenvalue weighted by molar-refractivity contribution is -0.138. The van der Waals surface area contributed by atoms with E-state index in [2.05, 4.69) is 36.4 Å². The monoisotopic (exact) mass is 348 g/mol. The first kappa shape index (κ1) is 16.8. The van der Waals surface area contributed by atoms with E-state index in [-0.39, 0.29) is 30.3 Å². The number of amides is 2. The van der Waals surface area contributed by atoms with Gasteiger partial charge >= 0.3 is 0 Å². The van der Waals surface area contributed by atoms with Crippen LogP contribution in [-0.2, 0) is 22.4 Å². The number of rotatable bonds is 4. The zero-order chi connectivity index (χ0) is 18.1. The molecule has 0 spiro atoms. The minimum Gasteiger partial charge on any atom is -0.341 e. The summed E-state index contributed by atoms with van der Waals surface area (Å²) in [5.41, 5.74) is 3.84. The van der Waals surface area contributed by atoms with Gasteiger partial charge in [-0.1, -0.05) is 54.6 Å². The van der Waals surface area contributed by atoms with Crippen molar-refractivity contribution >= 4 is 11.8 Å². The standard InChI is InChI=1S/C22H24N2O2/c1-23(20-11-17-9-5-6-10-18(17)12-20)22(26)15-24-14-19(13-21(24)25)16-7-3-2-4-8-16/h2-10,19-20H,11-15H2,1H3. The lowest BCUT2D eigenvalue weighted by atomic mass is 9.99. The molecular weight excluding hydrogens is 324 g/mol. The SMILES string of the molecule is CN(C(=O)CN1CC(c2ccccc2)CC1=O)C1Cc2ccccc2C1. The molecule has 0 aromatic heterocycles. The van der Waals surface area contributed by atoms with Gasteiger partial charge in [0.05, 0.1) is 6.54 Å². The molecule has 134 valence electrons. The number of fused-ring (bicyclic) bond motifs is 1. The maximum atomic E-state index is 12.8. The summed E-state index contributed by atoms with van der Waals surface area (Å²) in [5.74, 6) is 0.303. The largest absolute Gasteiger partial charge is 0.341 e. The van der Waals surface area contributed by atoms with Crippen LogP contribution in [0.25, 0.3) is 0 Å². The van der Waals surface area contributed by atoms with Crippen molar-refractivity contribution < 1.29 is 9.59 Å². The van der Waals surface area contributed by atoms with Crippen LogP contribution in [0.3, 0.4) is 0 Å². The molecule has 0 bridgehead atoms. The number of benzene rings is 2. The van der Waals surface area contributed by atoms with E-state index in [9.17, 15) is 9.59 Å². The average molecular weight is 348 g/mol. The lowest BCUT2D eigenvalue weighted by Crippen LogP contribution is -2.44. The van der Waals surface area contributed by atoms with Crippen LogP contribution in [0.15, 0.2) is 54.6 Å². The van der Waals surface area contributed by atoms with Crippen molar-refractivity contribution in [2.75, 3.05) is 20.1 Å². The van der Waals surface area contributed by atoms with Gasteiger partial charge in [-0.15, -0.1) is 0 Å². The molecule has 26 heavy (non-hydrogen) atoms. The Balaban J connectivity index is 1.37. The summed E-state index contributed by atoms with van der Waals surface area (Å²) >= 11 is 0. The first-order valence-electron chi connectivity index (χ1n) is 9.27. The third-order valence-corrected chi connectivity index (χ3v) is 5.78. The molecule has 2 aliphatic rings. The molecule has 1 aliphatic carbocycles. The van der Waals surface area contributed by atoms with Crippen LogP contribution in [0.5, 0.6) is 0 Å². The van der Waals surface area contributed by atoms with E-state index < -0.39 is 0 Å². The van der Waals surface area contributed by atoms with E-state index in [0.717, 1.165) is 12.8 Å². The smallest absolute Gasteiger partial charge is 0.242 e. The Kier molecular flexibility index (Phi) is 4.49. The van der Waals surface area contributed by atoms with Gasteiger partial charge in [0.15, 0.2) is 0 Å². The molecule has 4 rings (SSSR count). The summed E-state index contributed by atoms with van der Waals surface area (Å²) in [6.07, 6.45) is 2.30. The molecule has 1 atom stereocenters. The summed E-state index contributed by atoms with van der Waals surface area (Å²) in [5, 5.41) is 0. The number of carbonyl (C=O) groups excluding carboxylic acids is 2. The predicted octanol–water partition coefficient (Wildman–Crippen LogP) is 2.63. The number of nitrogens with zero attached hydrogens (tertiary/aromatic N) is 2. The second-order valence-electron chi connectivity index (χ2n) is 7.42. The molecule has 1 aliphatic heterocycles. The highest BCUT2D eigenvalue weighted by atomic mass is 16.2. The fourth-order valence-corrected chi connectivity index (χ4v) is 4.16. The van der Waals surface area contributed by atoms with Crippen molar-refractivity contribution in [2.24, 2.45) is 0 Å². The maximum absolute atomic E-state index is 12.8. The molecule has 1 saturated heterocycles. The van der Waals surface area contributed by atoms with Gasteiger partial charge in [0.1, 0.15) is 0 Å². The van der Waals surface area contributed by atoms with Crippen molar-refractivity contribution in [2.45, 2.75) is 31.2 Å². The highest BCUT2D eigenvalue weighted by molar-refractivity contribution is 5.86. The maximum Gasteiger partial charge on any atom is 0.242 e. The van der Waals surface area contributed by atoms with Crippen LogP contribution in [-0.4, -0.2) is 47.8 Å². The topological polar surface area (TPSA) is 40.6 Å². The molecule has 2 amide bonds. The minimum atomic E-state index is 0.0323. The van der Waals surface area contributed by atoms with Crippen LogP contribution in [0, 0.1) is 0 Å². The van der Waals surface area contributed by atoms with Gasteiger partial charge in [-0.2, -0.15) is 0 Å². The fourth-order valence-electron chi connectivity index (χ4n) is 4.16. The molecule has 2 aromatic rings. The van der Waals surface area contributed by atoms with Crippen molar-refractivity contribution in [3.05, 3.63) is 71.3 Å². The number of carbonyl (C=O) groups is 2. The van der Waals surface area contributed by atoms with Crippen LogP contribution in [0.1, 0.15) is 29.0 Å². The van der Waals surface area contributed by atoms with Crippen molar-refractivity contribution in [3.8, 4) is 0 Å². The quantitative estimate of drug-likeness (QED) is 0.852. The lowest BCUT2D eigenvalue weighted by Gasteiger charge is -2.27. The van der Waals surface area contributed by atoms with Crippen LogP contribution in [0.4, 0.5) is 0 Å². The van der Waals surface area contributed by atoms with Gasteiger partial charge in [-0.3, -0.25) is 9.59 Å². The Bertz CT molecular complexity index is 793. The Hall–Kier alpha value is -2.62. The van der Waals surface area contributed by atoms with Crippen LogP contribution >= 0.6 is 0 Å². The van der Waals surface area contributed by atoms with E-state index in [0.29, 0.717) is 13.0 Å². The highest BCUT2D eigenvalue weighted by Gasteiger charge is 2.34. The normalized spacial score (nSPS) is 19.7. The Morgan fingerprint density at radius 1 is 1.00 bits per heavy atom. The Morgan fingerprint density at radius 2 is 1.62 bits per heavy atom. The molecule has 2 aromatic carbocycles. The highest BCUT2D eigenvalue weighted by Crippen LogP contribution is 2.28. The molecule has 1 unspecified atom stereocenters. The molecule has 0 saturated carbocycles. The van der Waals surface area contributed by atoms with Crippen LogP contribution < -0.4 is 0 Å². The van der Waals surface area contributed by atoms with Gasteiger partial charge in [0.25, 0.3) is 0 Å². The summed E-state index contributed by atoms with van der Waals surface area (Å²) in [6.45, 7) is 0.818. The van der Waals surface area contributed by atoms with Gasteiger partial charge in [0.2, 0.25) is 11.8 Å². The summed E-state index contributed by atoms with van der Waals surface area (Å²) in [7, 11) is 1.87. The van der Waals surface area contributed by atoms with E-state index in [1.165, 1.54) is 16.7 Å². The van der Waals surface area contributed by atoms with Gasteiger partial charge in [0, 0.05) is 32.0 Å². The molecule has 1 fully saturated rings. The zero-order valence-electron chi connectivity index (χ0n) is 15.1. The van der Waals surface area contributed by atoms with E-state index in [1.807, 2.05) is 30.1 Å². The average Bonchev–Trinajstić information content (AvgIpc) is 3.25. The predicted molar refractivity (Wildman–Crippen MR) is 101 cm³/mol. The Labute approximate surface area is 154 Å². The summed E-state index contributed by atoms with van der Waals surface area (Å²) < 4.78 is 0. The summed E-state index contributed by atoms with van der Waals surface area (Å²) in [4.78, 5) is 28.7. The van der Waals surface area contributed by atoms with Crippen molar-refractivity contribution in [1.29, 1.82) is 0 Å². The number of likely N-dealkylation sites (N-methyl/N-ethyl adjacent to an activating group) is 1. The van der Waals surface area contributed by atoms with E-state index in [1.54, 1.807) is 4.90 Å². The first-order valence-corrected chi connectivity index (χ1v) is 9.27. The summed E-state index contributed by atoms with van der Waals surface area (Å²) in [6, 6.07) is 18.7. The van der Waals surface area contributed by atoms with E-state index >= 15 is 0 Å². The molecule has 0 radical (unpaired) electrons. The molecule has 1 heterocycles. The third kappa shape index (κ3) is 3.24. The third-order valence-electron chi connectivity index (χ3n) is 5.78. The number of likely N-dealkylation sites (tertiary alicyclic amines) is 1. The second kappa shape index (κ2) is 6.94. The van der Waals surface area contributed by atoms with E-state index in [4.69, 9.17) is 0 Å². The van der Waals surface area contributed by atoms with Crippen molar-refractivity contribution in [1.82, 2.24) is 9.80 Å². The van der Waals surface area contributed by atoms with Gasteiger partial charge in [-0.05, 0) is 29.5 Å². The first-order chi connectivity index (χ1) is 12.6. The molecule has 0 N–H and O–H groups in total. The minimum absolute atomic E-state index is 0.0323. The second-order valence-corrected chi connectivity index (χ2v) is 7.42. The fraction of sp³-hybridized carbons (Fsp3) is 0.364. The van der Waals surface area contributed by atoms with Crippen LogP contribution in [0.2, 0.25) is 0 Å². The van der Waals surface area contributed by atoms with Gasteiger partial charge < -0.3 is 9.80 Å². The molecular formula is C22H24N2O2. The van der Waals surface area contributed by atoms with Gasteiger partial charge in [-0.25, -0.2) is 0 Å². The molecule has 4 nitrogen and oxygen atoms in total. The van der Waals surface area contributed by atoms with Crippen molar-refractivity contribution in [3.63, 3.8) is 0 Å².